The van der Waals surface area contributed by atoms with Crippen LogP contribution in [0, 0.1) is 13.8 Å². The number of H-pyrrole nitrogens is 1. The van der Waals surface area contributed by atoms with Crippen LogP contribution in [0.5, 0.6) is 0 Å². The molecular formula is C19H21N3O3S. The van der Waals surface area contributed by atoms with Gasteiger partial charge in [0.2, 0.25) is 10.0 Å². The van der Waals surface area contributed by atoms with Gasteiger partial charge in [0, 0.05) is 34.4 Å². The second-order valence-electron chi connectivity index (χ2n) is 6.39. The Kier molecular flexibility index (Phi) is 4.73. The van der Waals surface area contributed by atoms with Crippen molar-refractivity contribution in [2.75, 3.05) is 11.0 Å². The quantitative estimate of drug-likeness (QED) is 0.644. The molecule has 0 aliphatic carbocycles. The summed E-state index contributed by atoms with van der Waals surface area (Å²) in [4.78, 5) is 15.7. The Hall–Kier alpha value is -2.80. The zero-order valence-electron chi connectivity index (χ0n) is 14.9. The van der Waals surface area contributed by atoms with E-state index in [4.69, 9.17) is 0 Å². The molecule has 0 saturated heterocycles. The van der Waals surface area contributed by atoms with E-state index in [1.54, 1.807) is 24.3 Å². The Morgan fingerprint density at radius 3 is 2.62 bits per heavy atom. The summed E-state index contributed by atoms with van der Waals surface area (Å²) in [6.07, 6.45) is 1.10. The van der Waals surface area contributed by atoms with Gasteiger partial charge in [0.1, 0.15) is 0 Å². The van der Waals surface area contributed by atoms with Gasteiger partial charge in [-0.2, -0.15) is 0 Å². The van der Waals surface area contributed by atoms with Gasteiger partial charge < -0.3 is 10.3 Å². The van der Waals surface area contributed by atoms with Gasteiger partial charge in [-0.3, -0.25) is 9.52 Å². The third kappa shape index (κ3) is 4.05. The molecule has 2 aromatic carbocycles. The summed E-state index contributed by atoms with van der Waals surface area (Å²) >= 11 is 0. The predicted molar refractivity (Wildman–Crippen MR) is 104 cm³/mol. The molecule has 0 unspecified atom stereocenters. The van der Waals surface area contributed by atoms with Crippen LogP contribution >= 0.6 is 0 Å². The van der Waals surface area contributed by atoms with Crippen LogP contribution in [0.15, 0.2) is 42.5 Å². The molecule has 6 nitrogen and oxygen atoms in total. The van der Waals surface area contributed by atoms with Crippen LogP contribution in [0.1, 0.15) is 27.2 Å². The molecule has 3 rings (SSSR count). The van der Waals surface area contributed by atoms with Gasteiger partial charge in [-0.25, -0.2) is 8.42 Å². The maximum atomic E-state index is 12.5. The topological polar surface area (TPSA) is 91.1 Å². The lowest BCUT2D eigenvalue weighted by Gasteiger charge is -2.08. The standard InChI is InChI=1S/C19H21N3O3S/c1-12-13(2)21-18-8-7-15(10-17(12)18)19(23)20-11-14-5-4-6-16(9-14)22-26(3,24)25/h4-10,21-22H,11H2,1-3H3,(H,20,23). The van der Waals surface area contributed by atoms with E-state index in [1.807, 2.05) is 32.0 Å². The number of rotatable bonds is 5. The zero-order valence-corrected chi connectivity index (χ0v) is 15.7. The van der Waals surface area contributed by atoms with Crippen LogP contribution in [-0.4, -0.2) is 25.6 Å². The number of aromatic amines is 1. The molecule has 136 valence electrons. The van der Waals surface area contributed by atoms with Gasteiger partial charge in [0.25, 0.3) is 5.91 Å². The van der Waals surface area contributed by atoms with Crippen molar-refractivity contribution in [3.63, 3.8) is 0 Å². The molecule has 3 aromatic rings. The highest BCUT2D eigenvalue weighted by atomic mass is 32.2. The fourth-order valence-electron chi connectivity index (χ4n) is 2.85. The molecule has 1 amide bonds. The number of sulfonamides is 1. The van der Waals surface area contributed by atoms with Crippen molar-refractivity contribution in [2.24, 2.45) is 0 Å². The largest absolute Gasteiger partial charge is 0.358 e. The first-order chi connectivity index (χ1) is 12.2. The lowest BCUT2D eigenvalue weighted by atomic mass is 10.1. The molecule has 0 bridgehead atoms. The molecule has 1 aromatic heterocycles. The number of hydrogen-bond acceptors (Lipinski definition) is 3. The fourth-order valence-corrected chi connectivity index (χ4v) is 3.40. The van der Waals surface area contributed by atoms with Gasteiger partial charge in [-0.1, -0.05) is 12.1 Å². The summed E-state index contributed by atoms with van der Waals surface area (Å²) in [5.74, 6) is -0.174. The van der Waals surface area contributed by atoms with Crippen LogP contribution in [-0.2, 0) is 16.6 Å². The molecule has 0 atom stereocenters. The van der Waals surface area contributed by atoms with Gasteiger partial charge in [-0.15, -0.1) is 0 Å². The summed E-state index contributed by atoms with van der Waals surface area (Å²) in [5, 5.41) is 3.91. The van der Waals surface area contributed by atoms with Crippen LogP contribution in [0.25, 0.3) is 10.9 Å². The number of amides is 1. The summed E-state index contributed by atoms with van der Waals surface area (Å²) in [6.45, 7) is 4.34. The normalized spacial score (nSPS) is 11.5. The van der Waals surface area contributed by atoms with Crippen molar-refractivity contribution in [3.8, 4) is 0 Å². The Morgan fingerprint density at radius 2 is 1.88 bits per heavy atom. The summed E-state index contributed by atoms with van der Waals surface area (Å²) < 4.78 is 25.1. The highest BCUT2D eigenvalue weighted by Gasteiger charge is 2.10. The van der Waals surface area contributed by atoms with E-state index in [0.29, 0.717) is 17.8 Å². The van der Waals surface area contributed by atoms with Crippen molar-refractivity contribution >= 4 is 32.5 Å². The average Bonchev–Trinajstić information content (AvgIpc) is 2.85. The van der Waals surface area contributed by atoms with Crippen LogP contribution in [0.2, 0.25) is 0 Å². The van der Waals surface area contributed by atoms with Crippen molar-refractivity contribution in [2.45, 2.75) is 20.4 Å². The Balaban J connectivity index is 1.73. The van der Waals surface area contributed by atoms with Gasteiger partial charge in [0.15, 0.2) is 0 Å². The summed E-state index contributed by atoms with van der Waals surface area (Å²) in [5.41, 5.74) is 5.10. The molecule has 0 fully saturated rings. The van der Waals surface area contributed by atoms with Crippen molar-refractivity contribution in [1.29, 1.82) is 0 Å². The highest BCUT2D eigenvalue weighted by molar-refractivity contribution is 7.92. The predicted octanol–water partition coefficient (Wildman–Crippen LogP) is 3.09. The number of hydrogen-bond donors (Lipinski definition) is 3. The molecule has 0 aliphatic rings. The van der Waals surface area contributed by atoms with E-state index in [9.17, 15) is 13.2 Å². The third-order valence-corrected chi connectivity index (χ3v) is 4.86. The van der Waals surface area contributed by atoms with E-state index in [2.05, 4.69) is 15.0 Å². The van der Waals surface area contributed by atoms with E-state index in [0.717, 1.165) is 34.0 Å². The van der Waals surface area contributed by atoms with E-state index in [1.165, 1.54) is 0 Å². The fraction of sp³-hybridized carbons (Fsp3) is 0.211. The number of aryl methyl sites for hydroxylation is 2. The molecule has 0 aliphatic heterocycles. The highest BCUT2D eigenvalue weighted by Crippen LogP contribution is 2.22. The van der Waals surface area contributed by atoms with E-state index < -0.39 is 10.0 Å². The molecule has 3 N–H and O–H groups in total. The number of carbonyl (C=O) groups excluding carboxylic acids is 1. The Labute approximate surface area is 152 Å². The molecule has 0 radical (unpaired) electrons. The SMILES string of the molecule is Cc1[nH]c2ccc(C(=O)NCc3cccc(NS(C)(=O)=O)c3)cc2c1C. The van der Waals surface area contributed by atoms with Gasteiger partial charge in [0.05, 0.1) is 6.26 Å². The number of carbonyl (C=O) groups is 1. The molecule has 26 heavy (non-hydrogen) atoms. The third-order valence-electron chi connectivity index (χ3n) is 4.25. The van der Waals surface area contributed by atoms with Crippen LogP contribution in [0.3, 0.4) is 0 Å². The van der Waals surface area contributed by atoms with Crippen molar-refractivity contribution in [1.82, 2.24) is 10.3 Å². The molecule has 0 spiro atoms. The van der Waals surface area contributed by atoms with E-state index >= 15 is 0 Å². The zero-order chi connectivity index (χ0) is 18.9. The van der Waals surface area contributed by atoms with Crippen LogP contribution < -0.4 is 10.0 Å². The lowest BCUT2D eigenvalue weighted by Crippen LogP contribution is -2.22. The van der Waals surface area contributed by atoms with Gasteiger partial charge in [-0.05, 0) is 55.3 Å². The first-order valence-electron chi connectivity index (χ1n) is 8.17. The van der Waals surface area contributed by atoms with Gasteiger partial charge >= 0.3 is 0 Å². The Bertz CT molecular complexity index is 1080. The molecule has 7 heteroatoms. The number of aromatic nitrogens is 1. The lowest BCUT2D eigenvalue weighted by molar-refractivity contribution is 0.0951. The average molecular weight is 371 g/mol. The smallest absolute Gasteiger partial charge is 0.251 e. The number of benzene rings is 2. The maximum Gasteiger partial charge on any atom is 0.251 e. The Morgan fingerprint density at radius 1 is 1.12 bits per heavy atom. The van der Waals surface area contributed by atoms with E-state index in [-0.39, 0.29) is 5.91 Å². The minimum Gasteiger partial charge on any atom is -0.358 e. The number of fused-ring (bicyclic) bond motifs is 1. The van der Waals surface area contributed by atoms with Crippen LogP contribution in [0.4, 0.5) is 5.69 Å². The summed E-state index contributed by atoms with van der Waals surface area (Å²) in [6, 6.07) is 12.5. The monoisotopic (exact) mass is 371 g/mol. The first kappa shape index (κ1) is 18.0. The second kappa shape index (κ2) is 6.84. The summed E-state index contributed by atoms with van der Waals surface area (Å²) in [7, 11) is -3.33. The number of anilines is 1. The minimum absolute atomic E-state index is 0.174. The second-order valence-corrected chi connectivity index (χ2v) is 8.14. The first-order valence-corrected chi connectivity index (χ1v) is 10.1. The minimum atomic E-state index is -3.33. The molecular weight excluding hydrogens is 350 g/mol. The van der Waals surface area contributed by atoms with Crippen molar-refractivity contribution < 1.29 is 13.2 Å². The maximum absolute atomic E-state index is 12.5. The molecule has 1 heterocycles. The molecule has 0 saturated carbocycles. The number of nitrogens with one attached hydrogen (secondary N) is 3. The van der Waals surface area contributed by atoms with Crippen molar-refractivity contribution in [3.05, 3.63) is 64.8 Å².